The number of urea groups is 1. The third-order valence-corrected chi connectivity index (χ3v) is 7.37. The average molecular weight is 410 g/mol. The molecular weight excluding hydrogens is 374 g/mol. The number of nitrogens with zero attached hydrogens (tertiary/aromatic N) is 1. The van der Waals surface area contributed by atoms with Gasteiger partial charge in [0.1, 0.15) is 0 Å². The molecule has 0 radical (unpaired) electrons. The Morgan fingerprint density at radius 3 is 1.89 bits per heavy atom. The van der Waals surface area contributed by atoms with Gasteiger partial charge >= 0.3 is 16.2 Å². The fraction of sp³-hybridized carbons (Fsp3) is 0.667. The Morgan fingerprint density at radius 2 is 1.46 bits per heavy atom. The first-order chi connectivity index (χ1) is 12.9. The number of hydrogen-bond donors (Lipinski definition) is 2. The lowest BCUT2D eigenvalue weighted by Crippen LogP contribution is -2.52. The molecule has 28 heavy (non-hydrogen) atoms. The van der Waals surface area contributed by atoms with Gasteiger partial charge in [-0.2, -0.15) is 12.7 Å². The molecule has 2 atom stereocenters. The molecule has 1 saturated heterocycles. The second-order valence-corrected chi connectivity index (χ2v) is 10.5. The van der Waals surface area contributed by atoms with E-state index in [4.69, 9.17) is 0 Å². The average Bonchev–Trinajstić information content (AvgIpc) is 2.58. The Balaban J connectivity index is 2.20. The molecule has 1 heterocycles. The molecule has 0 saturated carbocycles. The van der Waals surface area contributed by atoms with Crippen LogP contribution in [0.1, 0.15) is 71.4 Å². The predicted molar refractivity (Wildman–Crippen MR) is 115 cm³/mol. The first-order valence-corrected chi connectivity index (χ1v) is 11.6. The van der Waals surface area contributed by atoms with Crippen LogP contribution in [0.4, 0.5) is 10.5 Å². The van der Waals surface area contributed by atoms with Crippen molar-refractivity contribution in [2.24, 2.45) is 17.8 Å². The van der Waals surface area contributed by atoms with Gasteiger partial charge in [-0.25, -0.2) is 9.52 Å². The lowest BCUT2D eigenvalue weighted by molar-refractivity contribution is 0.147. The maximum Gasteiger partial charge on any atom is 0.333 e. The third-order valence-electron chi connectivity index (χ3n) is 5.95. The molecule has 1 aliphatic rings. The molecule has 6 nitrogen and oxygen atoms in total. The van der Waals surface area contributed by atoms with Gasteiger partial charge in [-0.3, -0.25) is 0 Å². The van der Waals surface area contributed by atoms with Crippen molar-refractivity contribution in [2.45, 2.75) is 60.3 Å². The van der Waals surface area contributed by atoms with Crippen LogP contribution < -0.4 is 10.0 Å². The minimum atomic E-state index is -3.89. The van der Waals surface area contributed by atoms with Crippen LogP contribution in [0, 0.1) is 17.8 Å². The summed E-state index contributed by atoms with van der Waals surface area (Å²) >= 11 is 0. The van der Waals surface area contributed by atoms with Crippen molar-refractivity contribution in [3.8, 4) is 0 Å². The molecule has 2 N–H and O–H groups in total. The molecule has 0 spiro atoms. The van der Waals surface area contributed by atoms with E-state index in [1.54, 1.807) is 0 Å². The summed E-state index contributed by atoms with van der Waals surface area (Å²) in [6, 6.07) is 5.20. The zero-order valence-electron chi connectivity index (χ0n) is 18.1. The molecule has 158 valence electrons. The summed E-state index contributed by atoms with van der Waals surface area (Å²) in [5, 5.41) is 2.81. The largest absolute Gasteiger partial charge is 0.333 e. The first kappa shape index (κ1) is 22.7. The van der Waals surface area contributed by atoms with E-state index in [0.717, 1.165) is 11.1 Å². The van der Waals surface area contributed by atoms with E-state index in [1.165, 1.54) is 4.31 Å². The normalized spacial score (nSPS) is 23.8. The van der Waals surface area contributed by atoms with Crippen molar-refractivity contribution in [1.29, 1.82) is 0 Å². The Kier molecular flexibility index (Phi) is 7.15. The van der Waals surface area contributed by atoms with Crippen LogP contribution in [-0.2, 0) is 10.2 Å². The maximum atomic E-state index is 12.8. The summed E-state index contributed by atoms with van der Waals surface area (Å²) in [7, 11) is -3.89. The predicted octanol–water partition coefficient (Wildman–Crippen LogP) is 4.52. The lowest BCUT2D eigenvalue weighted by Gasteiger charge is -2.38. The number of rotatable bonds is 5. The highest BCUT2D eigenvalue weighted by Crippen LogP contribution is 2.32. The third kappa shape index (κ3) is 5.06. The Bertz CT molecular complexity index is 767. The molecular formula is C21H35N3O3S. The highest BCUT2D eigenvalue weighted by atomic mass is 32.2. The minimum Gasteiger partial charge on any atom is -0.307 e. The van der Waals surface area contributed by atoms with E-state index in [-0.39, 0.29) is 23.7 Å². The second-order valence-electron chi connectivity index (χ2n) is 8.81. The van der Waals surface area contributed by atoms with Gasteiger partial charge in [-0.05, 0) is 40.7 Å². The summed E-state index contributed by atoms with van der Waals surface area (Å²) in [5.74, 6) is 1.36. The van der Waals surface area contributed by atoms with Crippen molar-refractivity contribution in [2.75, 3.05) is 18.4 Å². The number of hydrogen-bond acceptors (Lipinski definition) is 3. The number of carbonyl (C=O) groups excluding carboxylic acids is 1. The van der Waals surface area contributed by atoms with Gasteiger partial charge in [-0.15, -0.1) is 0 Å². The minimum absolute atomic E-state index is 0.205. The van der Waals surface area contributed by atoms with Gasteiger partial charge in [0.05, 0.1) is 0 Å². The number of benzene rings is 1. The SMILES string of the molecule is CC(C)c1cccc(C(C)C)c1NC(=O)NS(=O)(=O)N1CC(C)C(C)C(C)C1. The van der Waals surface area contributed by atoms with Crippen LogP contribution >= 0.6 is 0 Å². The Hall–Kier alpha value is -1.60. The molecule has 2 amide bonds. The number of carbonyl (C=O) groups is 1. The molecule has 1 fully saturated rings. The summed E-state index contributed by atoms with van der Waals surface area (Å²) in [6.07, 6.45) is 0. The van der Waals surface area contributed by atoms with Gasteiger partial charge in [0.2, 0.25) is 0 Å². The number of para-hydroxylation sites is 1. The smallest absolute Gasteiger partial charge is 0.307 e. The first-order valence-electron chi connectivity index (χ1n) is 10.2. The van der Waals surface area contributed by atoms with Crippen LogP contribution in [0.15, 0.2) is 18.2 Å². The van der Waals surface area contributed by atoms with Gasteiger partial charge < -0.3 is 5.32 Å². The maximum absolute atomic E-state index is 12.8. The van der Waals surface area contributed by atoms with Crippen LogP contribution in [0.25, 0.3) is 0 Å². The lowest BCUT2D eigenvalue weighted by atomic mass is 9.82. The summed E-state index contributed by atoms with van der Waals surface area (Å²) in [5.41, 5.74) is 2.69. The van der Waals surface area contributed by atoms with Crippen molar-refractivity contribution in [1.82, 2.24) is 9.03 Å². The molecule has 1 aromatic carbocycles. The highest BCUT2D eigenvalue weighted by Gasteiger charge is 2.35. The van der Waals surface area contributed by atoms with E-state index in [2.05, 4.69) is 58.5 Å². The summed E-state index contributed by atoms with van der Waals surface area (Å²) in [4.78, 5) is 12.6. The standard InChI is InChI=1S/C21H35N3O3S/c1-13(2)18-9-8-10-19(14(3)4)20(18)22-21(25)23-28(26,27)24-11-15(5)17(7)16(6)12-24/h8-10,13-17H,11-12H2,1-7H3,(H2,22,23,25). The van der Waals surface area contributed by atoms with Crippen LogP contribution in [0.2, 0.25) is 0 Å². The van der Waals surface area contributed by atoms with E-state index in [1.807, 2.05) is 18.2 Å². The van der Waals surface area contributed by atoms with E-state index >= 15 is 0 Å². The molecule has 0 bridgehead atoms. The van der Waals surface area contributed by atoms with E-state index in [0.29, 0.717) is 24.7 Å². The number of piperidine rings is 1. The van der Waals surface area contributed by atoms with E-state index in [9.17, 15) is 13.2 Å². The molecule has 2 rings (SSSR count). The molecule has 7 heteroatoms. The fourth-order valence-corrected chi connectivity index (χ4v) is 5.10. The van der Waals surface area contributed by atoms with Gasteiger partial charge in [0, 0.05) is 18.8 Å². The zero-order valence-corrected chi connectivity index (χ0v) is 18.9. The van der Waals surface area contributed by atoms with E-state index < -0.39 is 16.2 Å². The summed E-state index contributed by atoms with van der Waals surface area (Å²) in [6.45, 7) is 15.3. The van der Waals surface area contributed by atoms with Gasteiger partial charge in [0.25, 0.3) is 0 Å². The van der Waals surface area contributed by atoms with Crippen molar-refractivity contribution in [3.63, 3.8) is 0 Å². The number of amides is 2. The Labute approximate surface area is 170 Å². The second kappa shape index (κ2) is 8.82. The zero-order chi connectivity index (χ0) is 21.2. The van der Waals surface area contributed by atoms with Crippen LogP contribution in [-0.4, -0.2) is 31.8 Å². The monoisotopic (exact) mass is 409 g/mol. The molecule has 1 aliphatic heterocycles. The topological polar surface area (TPSA) is 78.5 Å². The fourth-order valence-electron chi connectivity index (χ4n) is 3.82. The molecule has 1 aromatic rings. The van der Waals surface area contributed by atoms with Crippen LogP contribution in [0.5, 0.6) is 0 Å². The van der Waals surface area contributed by atoms with Crippen molar-refractivity contribution < 1.29 is 13.2 Å². The molecule has 2 unspecified atom stereocenters. The summed E-state index contributed by atoms with van der Waals surface area (Å²) < 4.78 is 29.2. The highest BCUT2D eigenvalue weighted by molar-refractivity contribution is 7.87. The van der Waals surface area contributed by atoms with Crippen molar-refractivity contribution in [3.05, 3.63) is 29.3 Å². The number of anilines is 1. The van der Waals surface area contributed by atoms with Crippen LogP contribution in [0.3, 0.4) is 0 Å². The molecule has 0 aliphatic carbocycles. The van der Waals surface area contributed by atoms with Crippen molar-refractivity contribution >= 4 is 21.9 Å². The van der Waals surface area contributed by atoms with Gasteiger partial charge in [0.15, 0.2) is 0 Å². The Morgan fingerprint density at radius 1 is 1.00 bits per heavy atom. The van der Waals surface area contributed by atoms with Gasteiger partial charge in [-0.1, -0.05) is 66.7 Å². The number of nitrogens with one attached hydrogen (secondary N) is 2. The molecule has 0 aromatic heterocycles. The quantitative estimate of drug-likeness (QED) is 0.750.